The molecule has 1 saturated heterocycles. The molecule has 1 aromatic rings. The number of pyridine rings is 1. The normalized spacial score (nSPS) is 15.4. The number of aromatic nitrogens is 1. The molecule has 1 aliphatic heterocycles. The SMILES string of the molecule is [B]c1cnc(C#CC)c(N2CCOCC2)c1. The van der Waals surface area contributed by atoms with Gasteiger partial charge in [-0.05, 0) is 18.9 Å². The lowest BCUT2D eigenvalue weighted by Crippen LogP contribution is -2.37. The maximum atomic E-state index is 5.76. The van der Waals surface area contributed by atoms with E-state index >= 15 is 0 Å². The van der Waals surface area contributed by atoms with Crippen LogP contribution in [-0.4, -0.2) is 39.1 Å². The van der Waals surface area contributed by atoms with E-state index in [9.17, 15) is 0 Å². The number of hydrogen-bond acceptors (Lipinski definition) is 3. The van der Waals surface area contributed by atoms with E-state index in [1.54, 1.807) is 13.1 Å². The van der Waals surface area contributed by atoms with Gasteiger partial charge in [-0.25, -0.2) is 4.98 Å². The van der Waals surface area contributed by atoms with Gasteiger partial charge in [0.1, 0.15) is 13.5 Å². The van der Waals surface area contributed by atoms with Gasteiger partial charge in [0.25, 0.3) is 0 Å². The molecule has 16 heavy (non-hydrogen) atoms. The Morgan fingerprint density at radius 3 is 2.88 bits per heavy atom. The van der Waals surface area contributed by atoms with Crippen molar-refractivity contribution in [3.05, 3.63) is 18.0 Å². The summed E-state index contributed by atoms with van der Waals surface area (Å²) in [6.07, 6.45) is 1.64. The van der Waals surface area contributed by atoms with Crippen molar-refractivity contribution in [2.45, 2.75) is 6.92 Å². The summed E-state index contributed by atoms with van der Waals surface area (Å²) in [5, 5.41) is 0. The molecule has 1 fully saturated rings. The van der Waals surface area contributed by atoms with Crippen molar-refractivity contribution < 1.29 is 4.74 Å². The van der Waals surface area contributed by atoms with Crippen LogP contribution in [0.5, 0.6) is 0 Å². The lowest BCUT2D eigenvalue weighted by atomic mass is 9.97. The van der Waals surface area contributed by atoms with Crippen LogP contribution in [0.3, 0.4) is 0 Å². The van der Waals surface area contributed by atoms with Crippen molar-refractivity contribution in [1.29, 1.82) is 0 Å². The van der Waals surface area contributed by atoms with E-state index in [4.69, 9.17) is 12.6 Å². The molecule has 0 amide bonds. The Bertz CT molecular complexity index is 430. The maximum absolute atomic E-state index is 5.76. The van der Waals surface area contributed by atoms with Crippen molar-refractivity contribution in [2.24, 2.45) is 0 Å². The summed E-state index contributed by atoms with van der Waals surface area (Å²) in [6.45, 7) is 5.02. The van der Waals surface area contributed by atoms with E-state index in [2.05, 4.69) is 21.7 Å². The maximum Gasteiger partial charge on any atom is 0.136 e. The lowest BCUT2D eigenvalue weighted by Gasteiger charge is -2.29. The predicted molar refractivity (Wildman–Crippen MR) is 65.2 cm³/mol. The monoisotopic (exact) mass is 212 g/mol. The van der Waals surface area contributed by atoms with Crippen LogP contribution in [0.15, 0.2) is 12.3 Å². The van der Waals surface area contributed by atoms with E-state index < -0.39 is 0 Å². The third-order valence-corrected chi connectivity index (χ3v) is 2.48. The van der Waals surface area contributed by atoms with Crippen LogP contribution >= 0.6 is 0 Å². The van der Waals surface area contributed by atoms with Gasteiger partial charge in [-0.1, -0.05) is 11.4 Å². The molecule has 0 aromatic carbocycles. The molecule has 0 unspecified atom stereocenters. The first-order valence-corrected chi connectivity index (χ1v) is 5.32. The molecule has 4 heteroatoms. The zero-order valence-electron chi connectivity index (χ0n) is 9.36. The number of morpholine rings is 1. The van der Waals surface area contributed by atoms with Crippen LogP contribution in [0, 0.1) is 11.8 Å². The van der Waals surface area contributed by atoms with Gasteiger partial charge in [-0.3, -0.25) is 0 Å². The summed E-state index contributed by atoms with van der Waals surface area (Å²) in [5.74, 6) is 5.87. The first-order valence-electron chi connectivity index (χ1n) is 5.32. The van der Waals surface area contributed by atoms with Gasteiger partial charge in [0.2, 0.25) is 0 Å². The molecule has 3 nitrogen and oxygen atoms in total. The van der Waals surface area contributed by atoms with Crippen molar-refractivity contribution in [3.63, 3.8) is 0 Å². The van der Waals surface area contributed by atoms with E-state index in [0.29, 0.717) is 5.46 Å². The molecular weight excluding hydrogens is 199 g/mol. The summed E-state index contributed by atoms with van der Waals surface area (Å²) < 4.78 is 5.32. The van der Waals surface area contributed by atoms with Gasteiger partial charge in [-0.15, -0.1) is 0 Å². The molecule has 0 spiro atoms. The molecule has 2 rings (SSSR count). The highest BCUT2D eigenvalue weighted by molar-refractivity contribution is 6.32. The minimum Gasteiger partial charge on any atom is -0.378 e. The molecule has 0 aliphatic carbocycles. The Hall–Kier alpha value is -1.47. The molecule has 2 heterocycles. The van der Waals surface area contributed by atoms with Crippen LogP contribution in [0.4, 0.5) is 5.69 Å². The summed E-state index contributed by atoms with van der Waals surface area (Å²) in [4.78, 5) is 6.48. The van der Waals surface area contributed by atoms with Gasteiger partial charge < -0.3 is 9.64 Å². The topological polar surface area (TPSA) is 25.4 Å². The molecule has 0 bridgehead atoms. The Morgan fingerprint density at radius 2 is 2.19 bits per heavy atom. The number of rotatable bonds is 1. The molecular formula is C12H13BN2O. The summed E-state index contributed by atoms with van der Waals surface area (Å²) in [5.41, 5.74) is 2.47. The molecule has 80 valence electrons. The Labute approximate surface area is 97.2 Å². The molecule has 0 N–H and O–H groups in total. The molecule has 2 radical (unpaired) electrons. The molecule has 1 aromatic heterocycles. The number of hydrogen-bond donors (Lipinski definition) is 0. The average Bonchev–Trinajstić information content (AvgIpc) is 2.33. The first kappa shape index (κ1) is 11.0. The third-order valence-electron chi connectivity index (χ3n) is 2.48. The van der Waals surface area contributed by atoms with E-state index in [-0.39, 0.29) is 0 Å². The van der Waals surface area contributed by atoms with Crippen LogP contribution in [0.2, 0.25) is 0 Å². The van der Waals surface area contributed by atoms with Gasteiger partial charge in [0, 0.05) is 19.3 Å². The standard InChI is InChI=1S/C12H13BN2O/c1-2-3-11-12(8-10(13)9-14-11)15-4-6-16-7-5-15/h8-9H,4-7H2,1H3. The third kappa shape index (κ3) is 2.37. The van der Waals surface area contributed by atoms with Crippen LogP contribution in [0.1, 0.15) is 12.6 Å². The molecule has 0 atom stereocenters. The van der Waals surface area contributed by atoms with Crippen LogP contribution < -0.4 is 10.4 Å². The smallest absolute Gasteiger partial charge is 0.136 e. The Kier molecular flexibility index (Phi) is 3.48. The van der Waals surface area contributed by atoms with Gasteiger partial charge in [0.05, 0.1) is 18.9 Å². The zero-order valence-corrected chi connectivity index (χ0v) is 9.36. The minimum absolute atomic E-state index is 0.670. The number of ether oxygens (including phenoxy) is 1. The zero-order chi connectivity index (χ0) is 11.4. The van der Waals surface area contributed by atoms with Crippen LogP contribution in [-0.2, 0) is 4.74 Å². The highest BCUT2D eigenvalue weighted by Gasteiger charge is 2.14. The van der Waals surface area contributed by atoms with E-state index in [1.165, 1.54) is 0 Å². The Morgan fingerprint density at radius 1 is 1.44 bits per heavy atom. The fourth-order valence-corrected chi connectivity index (χ4v) is 1.73. The van der Waals surface area contributed by atoms with Gasteiger partial charge in [-0.2, -0.15) is 0 Å². The molecule has 0 saturated carbocycles. The van der Waals surface area contributed by atoms with Crippen molar-refractivity contribution in [2.75, 3.05) is 31.2 Å². The Balaban J connectivity index is 2.34. The number of nitrogens with zero attached hydrogens (tertiary/aromatic N) is 2. The second-order valence-electron chi connectivity index (χ2n) is 3.61. The fourth-order valence-electron chi connectivity index (χ4n) is 1.73. The first-order chi connectivity index (χ1) is 7.81. The predicted octanol–water partition coefficient (Wildman–Crippen LogP) is 0.0834. The average molecular weight is 212 g/mol. The molecule has 1 aliphatic rings. The second-order valence-corrected chi connectivity index (χ2v) is 3.61. The highest BCUT2D eigenvalue weighted by Crippen LogP contribution is 2.17. The van der Waals surface area contributed by atoms with E-state index in [1.807, 2.05) is 6.07 Å². The largest absolute Gasteiger partial charge is 0.378 e. The fraction of sp³-hybridized carbons (Fsp3) is 0.417. The number of anilines is 1. The van der Waals surface area contributed by atoms with Crippen molar-refractivity contribution in [1.82, 2.24) is 4.98 Å². The van der Waals surface area contributed by atoms with Gasteiger partial charge >= 0.3 is 0 Å². The summed E-state index contributed by atoms with van der Waals surface area (Å²) in [6, 6.07) is 1.93. The highest BCUT2D eigenvalue weighted by atomic mass is 16.5. The van der Waals surface area contributed by atoms with Crippen molar-refractivity contribution >= 4 is 19.0 Å². The second kappa shape index (κ2) is 5.04. The summed E-state index contributed by atoms with van der Waals surface area (Å²) >= 11 is 0. The van der Waals surface area contributed by atoms with Gasteiger partial charge in [0.15, 0.2) is 0 Å². The van der Waals surface area contributed by atoms with E-state index in [0.717, 1.165) is 37.7 Å². The van der Waals surface area contributed by atoms with Crippen LogP contribution in [0.25, 0.3) is 0 Å². The van der Waals surface area contributed by atoms with Crippen molar-refractivity contribution in [3.8, 4) is 11.8 Å². The lowest BCUT2D eigenvalue weighted by molar-refractivity contribution is 0.122. The quantitative estimate of drug-likeness (QED) is 0.487. The summed E-state index contributed by atoms with van der Waals surface area (Å²) in [7, 11) is 5.76. The minimum atomic E-state index is 0.670.